The van der Waals surface area contributed by atoms with E-state index in [1.165, 1.54) is 25.7 Å². The van der Waals surface area contributed by atoms with Crippen LogP contribution >= 0.6 is 0 Å². The molecule has 0 aromatic carbocycles. The van der Waals surface area contributed by atoms with Crippen molar-refractivity contribution in [1.82, 2.24) is 0 Å². The van der Waals surface area contributed by atoms with Crippen molar-refractivity contribution in [2.75, 3.05) is 0 Å². The Morgan fingerprint density at radius 3 is 2.43 bits per heavy atom. The van der Waals surface area contributed by atoms with E-state index in [0.717, 1.165) is 18.7 Å². The predicted molar refractivity (Wildman–Crippen MR) is 62.6 cm³/mol. The minimum absolute atomic E-state index is 0.509. The molecule has 2 N–H and O–H groups in total. The van der Waals surface area contributed by atoms with E-state index in [1.54, 1.807) is 0 Å². The highest BCUT2D eigenvalue weighted by Crippen LogP contribution is 2.36. The third kappa shape index (κ3) is 3.69. The van der Waals surface area contributed by atoms with Crippen molar-refractivity contribution in [2.45, 2.75) is 65.3 Å². The maximum Gasteiger partial charge on any atom is 0.0940 e. The summed E-state index contributed by atoms with van der Waals surface area (Å²) in [6.07, 6.45) is 7.09. The largest absolute Gasteiger partial charge is 0.387 e. The molecule has 0 aliphatic heterocycles. The van der Waals surface area contributed by atoms with Gasteiger partial charge >= 0.3 is 0 Å². The van der Waals surface area contributed by atoms with Crippen molar-refractivity contribution in [3.63, 3.8) is 0 Å². The van der Waals surface area contributed by atoms with Crippen LogP contribution in [0, 0.1) is 5.41 Å². The smallest absolute Gasteiger partial charge is 0.0940 e. The first-order valence-electron chi connectivity index (χ1n) is 5.85. The summed E-state index contributed by atoms with van der Waals surface area (Å²) in [6.45, 7) is 6.84. The molecule has 0 atom stereocenters. The summed E-state index contributed by atoms with van der Waals surface area (Å²) in [7, 11) is 0. The Morgan fingerprint density at radius 2 is 1.93 bits per heavy atom. The molecule has 1 saturated carbocycles. The topological polar surface area (TPSA) is 38.4 Å². The second kappa shape index (κ2) is 4.81. The number of aliphatic imine (C=N–C) groups is 1. The SMILES string of the molecule is CCCC(N)=NC1CCC(C)(C)CC1. The Kier molecular flexibility index (Phi) is 3.97. The summed E-state index contributed by atoms with van der Waals surface area (Å²) in [4.78, 5) is 4.59. The molecule has 0 aromatic rings. The Balaban J connectivity index is 2.38. The lowest BCUT2D eigenvalue weighted by Gasteiger charge is -2.32. The summed E-state index contributed by atoms with van der Waals surface area (Å²) < 4.78 is 0. The van der Waals surface area contributed by atoms with Crippen LogP contribution < -0.4 is 5.73 Å². The highest BCUT2D eigenvalue weighted by atomic mass is 14.9. The van der Waals surface area contributed by atoms with Gasteiger partial charge in [-0.1, -0.05) is 20.8 Å². The minimum Gasteiger partial charge on any atom is -0.387 e. The normalized spacial score (nSPS) is 23.8. The van der Waals surface area contributed by atoms with Crippen molar-refractivity contribution >= 4 is 5.84 Å². The van der Waals surface area contributed by atoms with Gasteiger partial charge < -0.3 is 5.73 Å². The molecule has 82 valence electrons. The molecule has 2 heteroatoms. The molecule has 1 fully saturated rings. The molecular formula is C12H24N2. The third-order valence-electron chi connectivity index (χ3n) is 3.16. The van der Waals surface area contributed by atoms with Gasteiger partial charge in [0.1, 0.15) is 0 Å². The van der Waals surface area contributed by atoms with Crippen LogP contribution in [0.1, 0.15) is 59.3 Å². The van der Waals surface area contributed by atoms with Gasteiger partial charge in [0.25, 0.3) is 0 Å². The van der Waals surface area contributed by atoms with Gasteiger partial charge in [-0.3, -0.25) is 4.99 Å². The van der Waals surface area contributed by atoms with E-state index in [9.17, 15) is 0 Å². The molecule has 0 amide bonds. The van der Waals surface area contributed by atoms with Gasteiger partial charge in [0, 0.05) is 6.42 Å². The standard InChI is InChI=1S/C12H24N2/c1-4-5-11(13)14-10-6-8-12(2,3)9-7-10/h10H,4-9H2,1-3H3,(H2,13,14). The number of hydrogen-bond acceptors (Lipinski definition) is 1. The van der Waals surface area contributed by atoms with E-state index in [-0.39, 0.29) is 0 Å². The van der Waals surface area contributed by atoms with Crippen LogP contribution in [0.2, 0.25) is 0 Å². The van der Waals surface area contributed by atoms with Crippen molar-refractivity contribution in [3.05, 3.63) is 0 Å². The molecule has 1 aliphatic carbocycles. The van der Waals surface area contributed by atoms with Crippen molar-refractivity contribution in [1.29, 1.82) is 0 Å². The average molecular weight is 196 g/mol. The molecule has 1 rings (SSSR count). The van der Waals surface area contributed by atoms with Gasteiger partial charge in [-0.2, -0.15) is 0 Å². The molecule has 0 radical (unpaired) electrons. The van der Waals surface area contributed by atoms with Gasteiger partial charge in [-0.25, -0.2) is 0 Å². The zero-order valence-corrected chi connectivity index (χ0v) is 9.84. The van der Waals surface area contributed by atoms with Crippen LogP contribution in [0.4, 0.5) is 0 Å². The predicted octanol–water partition coefficient (Wildman–Crippen LogP) is 3.11. The van der Waals surface area contributed by atoms with Gasteiger partial charge in [-0.15, -0.1) is 0 Å². The number of hydrogen-bond donors (Lipinski definition) is 1. The number of rotatable bonds is 3. The zero-order valence-electron chi connectivity index (χ0n) is 9.84. The Labute approximate surface area is 88.0 Å². The first-order chi connectivity index (χ1) is 6.53. The minimum atomic E-state index is 0.509. The van der Waals surface area contributed by atoms with Crippen molar-refractivity contribution in [2.24, 2.45) is 16.1 Å². The van der Waals surface area contributed by atoms with Crippen LogP contribution in [-0.4, -0.2) is 11.9 Å². The van der Waals surface area contributed by atoms with Crippen molar-refractivity contribution in [3.8, 4) is 0 Å². The van der Waals surface area contributed by atoms with Gasteiger partial charge in [-0.05, 0) is 37.5 Å². The molecule has 0 aromatic heterocycles. The van der Waals surface area contributed by atoms with Gasteiger partial charge in [0.15, 0.2) is 0 Å². The molecule has 0 saturated heterocycles. The van der Waals surface area contributed by atoms with Crippen LogP contribution in [0.5, 0.6) is 0 Å². The van der Waals surface area contributed by atoms with Crippen LogP contribution in [-0.2, 0) is 0 Å². The lowest BCUT2D eigenvalue weighted by molar-refractivity contribution is 0.226. The average Bonchev–Trinajstić information content (AvgIpc) is 2.09. The maximum atomic E-state index is 5.83. The van der Waals surface area contributed by atoms with Gasteiger partial charge in [0.05, 0.1) is 11.9 Å². The Hall–Kier alpha value is -0.530. The lowest BCUT2D eigenvalue weighted by atomic mass is 9.76. The summed E-state index contributed by atoms with van der Waals surface area (Å²) >= 11 is 0. The van der Waals surface area contributed by atoms with E-state index < -0.39 is 0 Å². The van der Waals surface area contributed by atoms with Crippen LogP contribution in [0.25, 0.3) is 0 Å². The summed E-state index contributed by atoms with van der Waals surface area (Å²) in [6, 6.07) is 0.509. The van der Waals surface area contributed by atoms with E-state index in [2.05, 4.69) is 25.8 Å². The number of nitrogens with zero attached hydrogens (tertiary/aromatic N) is 1. The molecule has 14 heavy (non-hydrogen) atoms. The van der Waals surface area contributed by atoms with E-state index in [1.807, 2.05) is 0 Å². The molecular weight excluding hydrogens is 172 g/mol. The van der Waals surface area contributed by atoms with Crippen LogP contribution in [0.3, 0.4) is 0 Å². The highest BCUT2D eigenvalue weighted by Gasteiger charge is 2.26. The first-order valence-corrected chi connectivity index (χ1v) is 5.85. The van der Waals surface area contributed by atoms with E-state index in [4.69, 9.17) is 5.73 Å². The molecule has 2 nitrogen and oxygen atoms in total. The quantitative estimate of drug-likeness (QED) is 0.546. The Morgan fingerprint density at radius 1 is 1.36 bits per heavy atom. The molecule has 0 spiro atoms. The monoisotopic (exact) mass is 196 g/mol. The van der Waals surface area contributed by atoms with Gasteiger partial charge in [0.2, 0.25) is 0 Å². The summed E-state index contributed by atoms with van der Waals surface area (Å²) in [5.41, 5.74) is 6.37. The first kappa shape index (κ1) is 11.5. The second-order valence-corrected chi connectivity index (χ2v) is 5.27. The summed E-state index contributed by atoms with van der Waals surface area (Å²) in [5.74, 6) is 0.859. The maximum absolute atomic E-state index is 5.83. The zero-order chi connectivity index (χ0) is 10.6. The fourth-order valence-corrected chi connectivity index (χ4v) is 2.07. The summed E-state index contributed by atoms with van der Waals surface area (Å²) in [5, 5.41) is 0. The number of nitrogens with two attached hydrogens (primary N) is 1. The highest BCUT2D eigenvalue weighted by molar-refractivity contribution is 5.80. The van der Waals surface area contributed by atoms with Crippen LogP contribution in [0.15, 0.2) is 4.99 Å². The third-order valence-corrected chi connectivity index (χ3v) is 3.16. The fourth-order valence-electron chi connectivity index (χ4n) is 2.07. The molecule has 0 unspecified atom stereocenters. The molecule has 0 heterocycles. The number of amidine groups is 1. The molecule has 1 aliphatic rings. The van der Waals surface area contributed by atoms with E-state index in [0.29, 0.717) is 11.5 Å². The van der Waals surface area contributed by atoms with Crippen molar-refractivity contribution < 1.29 is 0 Å². The Bertz CT molecular complexity index is 196. The van der Waals surface area contributed by atoms with E-state index >= 15 is 0 Å². The lowest BCUT2D eigenvalue weighted by Crippen LogP contribution is -2.25. The fraction of sp³-hybridized carbons (Fsp3) is 0.917. The second-order valence-electron chi connectivity index (χ2n) is 5.27. The molecule has 0 bridgehead atoms.